The smallest absolute Gasteiger partial charge is 0.250 e. The van der Waals surface area contributed by atoms with Crippen molar-refractivity contribution < 1.29 is 0 Å². The van der Waals surface area contributed by atoms with Gasteiger partial charge in [0.05, 0.1) is 5.69 Å². The van der Waals surface area contributed by atoms with Gasteiger partial charge in [-0.25, -0.2) is 0 Å². The Balaban J connectivity index is 2.26. The highest BCUT2D eigenvalue weighted by atomic mass is 15.6. The van der Waals surface area contributed by atoms with Gasteiger partial charge in [-0.1, -0.05) is 30.2 Å². The maximum Gasteiger partial charge on any atom is 0.250 e. The van der Waals surface area contributed by atoms with Gasteiger partial charge in [-0.2, -0.15) is 4.68 Å². The van der Waals surface area contributed by atoms with E-state index in [0.717, 1.165) is 37.6 Å². The van der Waals surface area contributed by atoms with Crippen LogP contribution in [0.3, 0.4) is 0 Å². The summed E-state index contributed by atoms with van der Waals surface area (Å²) in [4.78, 5) is 2.18. The van der Waals surface area contributed by atoms with E-state index < -0.39 is 0 Å². The Kier molecular flexibility index (Phi) is 4.85. The van der Waals surface area contributed by atoms with Crippen molar-refractivity contribution in [2.24, 2.45) is 5.73 Å². The van der Waals surface area contributed by atoms with Crippen LogP contribution in [-0.4, -0.2) is 39.8 Å². The van der Waals surface area contributed by atoms with Crippen LogP contribution in [0.2, 0.25) is 0 Å². The van der Waals surface area contributed by atoms with Crippen molar-refractivity contribution in [1.82, 2.24) is 20.2 Å². The zero-order valence-electron chi connectivity index (χ0n) is 11.2. The molecule has 0 aliphatic heterocycles. The summed E-state index contributed by atoms with van der Waals surface area (Å²) in [6, 6.07) is 9.92. The minimum absolute atomic E-state index is 0.674. The fraction of sp³-hybridized carbons (Fsp3) is 0.462. The molecule has 0 saturated carbocycles. The van der Waals surface area contributed by atoms with Crippen LogP contribution in [0.5, 0.6) is 0 Å². The summed E-state index contributed by atoms with van der Waals surface area (Å²) >= 11 is 0. The Bertz CT molecular complexity index is 481. The molecule has 0 aliphatic rings. The maximum atomic E-state index is 5.59. The van der Waals surface area contributed by atoms with Crippen LogP contribution in [0.1, 0.15) is 19.8 Å². The van der Waals surface area contributed by atoms with E-state index in [-0.39, 0.29) is 0 Å². The van der Waals surface area contributed by atoms with E-state index in [0.29, 0.717) is 6.54 Å². The summed E-state index contributed by atoms with van der Waals surface area (Å²) in [6.07, 6.45) is 1.98. The molecule has 0 spiro atoms. The van der Waals surface area contributed by atoms with Crippen LogP contribution >= 0.6 is 0 Å². The maximum absolute atomic E-state index is 5.59. The van der Waals surface area contributed by atoms with Crippen molar-refractivity contribution in [2.45, 2.75) is 19.8 Å². The Morgan fingerprint density at radius 3 is 2.68 bits per heavy atom. The van der Waals surface area contributed by atoms with Crippen LogP contribution in [0.4, 0.5) is 5.95 Å². The summed E-state index contributed by atoms with van der Waals surface area (Å²) in [5.41, 5.74) is 6.56. The highest BCUT2D eigenvalue weighted by Gasteiger charge is 2.14. The van der Waals surface area contributed by atoms with Crippen LogP contribution in [0.15, 0.2) is 30.3 Å². The second-order valence-corrected chi connectivity index (χ2v) is 4.36. The first-order valence-electron chi connectivity index (χ1n) is 6.65. The third-order valence-electron chi connectivity index (χ3n) is 2.86. The van der Waals surface area contributed by atoms with Crippen LogP contribution in [0.25, 0.3) is 5.69 Å². The molecule has 1 aromatic carbocycles. The lowest BCUT2D eigenvalue weighted by Gasteiger charge is -2.22. The molecular weight excluding hydrogens is 240 g/mol. The number of nitrogens with zero attached hydrogens (tertiary/aromatic N) is 5. The Hall–Kier alpha value is -1.95. The van der Waals surface area contributed by atoms with Gasteiger partial charge in [0.15, 0.2) is 0 Å². The summed E-state index contributed by atoms with van der Waals surface area (Å²) in [5, 5.41) is 12.0. The molecule has 0 radical (unpaired) electrons. The SMILES string of the molecule is CCCN(CCCN)c1nnnn1-c1ccccc1. The van der Waals surface area contributed by atoms with Gasteiger partial charge in [-0.3, -0.25) is 0 Å². The molecule has 0 amide bonds. The van der Waals surface area contributed by atoms with E-state index in [9.17, 15) is 0 Å². The predicted molar refractivity (Wildman–Crippen MR) is 75.3 cm³/mol. The van der Waals surface area contributed by atoms with Crippen LogP contribution < -0.4 is 10.6 Å². The molecular formula is C13H20N6. The Morgan fingerprint density at radius 2 is 2.00 bits per heavy atom. The third-order valence-corrected chi connectivity index (χ3v) is 2.86. The zero-order valence-corrected chi connectivity index (χ0v) is 11.2. The normalized spacial score (nSPS) is 10.6. The summed E-state index contributed by atoms with van der Waals surface area (Å²) in [5.74, 6) is 0.779. The van der Waals surface area contributed by atoms with Crippen molar-refractivity contribution in [3.63, 3.8) is 0 Å². The predicted octanol–water partition coefficient (Wildman–Crippen LogP) is 1.23. The van der Waals surface area contributed by atoms with Crippen molar-refractivity contribution in [2.75, 3.05) is 24.5 Å². The van der Waals surface area contributed by atoms with Crippen LogP contribution in [0, 0.1) is 0 Å². The van der Waals surface area contributed by atoms with Crippen molar-refractivity contribution in [3.8, 4) is 5.69 Å². The molecule has 102 valence electrons. The zero-order chi connectivity index (χ0) is 13.5. The number of hydrogen-bond donors (Lipinski definition) is 1. The fourth-order valence-electron chi connectivity index (χ4n) is 1.98. The number of hydrogen-bond acceptors (Lipinski definition) is 5. The lowest BCUT2D eigenvalue weighted by Crippen LogP contribution is -2.29. The molecule has 6 nitrogen and oxygen atoms in total. The van der Waals surface area contributed by atoms with Crippen molar-refractivity contribution in [1.29, 1.82) is 0 Å². The number of tetrazole rings is 1. The molecule has 1 aromatic heterocycles. The van der Waals surface area contributed by atoms with Gasteiger partial charge in [0, 0.05) is 13.1 Å². The lowest BCUT2D eigenvalue weighted by atomic mass is 10.3. The van der Waals surface area contributed by atoms with Gasteiger partial charge in [0.25, 0.3) is 0 Å². The summed E-state index contributed by atoms with van der Waals surface area (Å²) in [6.45, 7) is 4.62. The van der Waals surface area contributed by atoms with Gasteiger partial charge in [-0.05, 0) is 41.9 Å². The molecule has 0 saturated heterocycles. The standard InChI is InChI=1S/C13H20N6/c1-2-10-18(11-6-9-14)13-15-16-17-19(13)12-7-4-3-5-8-12/h3-5,7-8H,2,6,9-11,14H2,1H3. The highest BCUT2D eigenvalue weighted by molar-refractivity contribution is 5.40. The number of nitrogens with two attached hydrogens (primary N) is 1. The second kappa shape index (κ2) is 6.84. The molecule has 19 heavy (non-hydrogen) atoms. The Labute approximate surface area is 113 Å². The minimum Gasteiger partial charge on any atom is -0.339 e. The molecule has 1 heterocycles. The average molecular weight is 260 g/mol. The molecule has 0 aliphatic carbocycles. The molecule has 2 rings (SSSR count). The number of rotatable bonds is 7. The lowest BCUT2D eigenvalue weighted by molar-refractivity contribution is 0.685. The van der Waals surface area contributed by atoms with E-state index in [1.54, 1.807) is 4.68 Å². The molecule has 0 atom stereocenters. The topological polar surface area (TPSA) is 72.9 Å². The molecule has 0 unspecified atom stereocenters. The number of aromatic nitrogens is 4. The number of anilines is 1. The van der Waals surface area contributed by atoms with Crippen LogP contribution in [-0.2, 0) is 0 Å². The largest absolute Gasteiger partial charge is 0.339 e. The third kappa shape index (κ3) is 3.29. The van der Waals surface area contributed by atoms with Gasteiger partial charge in [0.2, 0.25) is 5.95 Å². The first-order valence-corrected chi connectivity index (χ1v) is 6.65. The van der Waals surface area contributed by atoms with Gasteiger partial charge >= 0.3 is 0 Å². The van der Waals surface area contributed by atoms with Gasteiger partial charge < -0.3 is 10.6 Å². The van der Waals surface area contributed by atoms with Gasteiger partial charge in [0.1, 0.15) is 0 Å². The molecule has 0 fully saturated rings. The average Bonchev–Trinajstić information content (AvgIpc) is 2.93. The first-order chi connectivity index (χ1) is 9.36. The second-order valence-electron chi connectivity index (χ2n) is 4.36. The summed E-state index contributed by atoms with van der Waals surface area (Å²) < 4.78 is 1.77. The number of para-hydroxylation sites is 1. The Morgan fingerprint density at radius 1 is 1.21 bits per heavy atom. The molecule has 2 N–H and O–H groups in total. The monoisotopic (exact) mass is 260 g/mol. The van der Waals surface area contributed by atoms with E-state index in [4.69, 9.17) is 5.73 Å². The van der Waals surface area contributed by atoms with E-state index in [1.165, 1.54) is 0 Å². The first kappa shape index (κ1) is 13.5. The minimum atomic E-state index is 0.674. The summed E-state index contributed by atoms with van der Waals surface area (Å²) in [7, 11) is 0. The fourth-order valence-corrected chi connectivity index (χ4v) is 1.98. The number of benzene rings is 1. The van der Waals surface area contributed by atoms with Crippen molar-refractivity contribution >= 4 is 5.95 Å². The van der Waals surface area contributed by atoms with E-state index in [1.807, 2.05) is 30.3 Å². The molecule has 2 aromatic rings. The molecule has 6 heteroatoms. The van der Waals surface area contributed by atoms with Gasteiger partial charge in [-0.15, -0.1) is 0 Å². The van der Waals surface area contributed by atoms with E-state index >= 15 is 0 Å². The quantitative estimate of drug-likeness (QED) is 0.810. The van der Waals surface area contributed by atoms with Crippen molar-refractivity contribution in [3.05, 3.63) is 30.3 Å². The van der Waals surface area contributed by atoms with E-state index in [2.05, 4.69) is 27.3 Å². The highest BCUT2D eigenvalue weighted by Crippen LogP contribution is 2.15. The molecule has 0 bridgehead atoms.